The Balaban J connectivity index is 1.47. The van der Waals surface area contributed by atoms with Crippen LogP contribution in [0.25, 0.3) is 6.08 Å². The standard InChI is InChI=1S/C24H17N3O5/c25-13-17-4-1-2-5-18(17)15-32-19-9-7-16(8-10-19)12-21-22(28)26-24(30)27(23(21)29)14-20-6-3-11-31-20/h1-12H,14-15H2,(H,26,28,30)/b21-12+. The third-order valence-corrected chi connectivity index (χ3v) is 4.80. The monoisotopic (exact) mass is 427 g/mol. The molecule has 32 heavy (non-hydrogen) atoms. The van der Waals surface area contributed by atoms with Crippen LogP contribution < -0.4 is 10.1 Å². The van der Waals surface area contributed by atoms with Crippen molar-refractivity contribution in [2.75, 3.05) is 0 Å². The minimum absolute atomic E-state index is 0.0841. The van der Waals surface area contributed by atoms with Crippen LogP contribution in [0.15, 0.2) is 76.9 Å². The molecule has 3 aromatic rings. The van der Waals surface area contributed by atoms with Gasteiger partial charge in [0, 0.05) is 5.56 Å². The fraction of sp³-hybridized carbons (Fsp3) is 0.0833. The molecule has 8 heteroatoms. The van der Waals surface area contributed by atoms with Gasteiger partial charge in [-0.1, -0.05) is 30.3 Å². The third-order valence-electron chi connectivity index (χ3n) is 4.80. The number of amides is 4. The van der Waals surface area contributed by atoms with Crippen LogP contribution in [0.2, 0.25) is 0 Å². The zero-order valence-electron chi connectivity index (χ0n) is 16.8. The second-order valence-corrected chi connectivity index (χ2v) is 6.91. The van der Waals surface area contributed by atoms with E-state index in [0.717, 1.165) is 10.5 Å². The Bertz CT molecular complexity index is 1240. The van der Waals surface area contributed by atoms with Crippen LogP contribution in [-0.2, 0) is 22.7 Å². The highest BCUT2D eigenvalue weighted by Gasteiger charge is 2.36. The maximum atomic E-state index is 12.7. The molecule has 8 nitrogen and oxygen atoms in total. The maximum absolute atomic E-state index is 12.7. The quantitative estimate of drug-likeness (QED) is 0.477. The van der Waals surface area contributed by atoms with Gasteiger partial charge >= 0.3 is 6.03 Å². The van der Waals surface area contributed by atoms with Gasteiger partial charge in [-0.25, -0.2) is 4.79 Å². The van der Waals surface area contributed by atoms with Gasteiger partial charge in [-0.2, -0.15) is 5.26 Å². The van der Waals surface area contributed by atoms with E-state index in [9.17, 15) is 14.4 Å². The van der Waals surface area contributed by atoms with Crippen molar-refractivity contribution in [2.45, 2.75) is 13.2 Å². The Hall–Kier alpha value is -4.64. The number of benzene rings is 2. The lowest BCUT2D eigenvalue weighted by Gasteiger charge is -2.25. The van der Waals surface area contributed by atoms with E-state index in [-0.39, 0.29) is 18.7 Å². The topological polar surface area (TPSA) is 113 Å². The molecule has 1 aliphatic rings. The zero-order chi connectivity index (χ0) is 22.5. The largest absolute Gasteiger partial charge is 0.489 e. The number of urea groups is 1. The molecule has 2 heterocycles. The Morgan fingerprint density at radius 1 is 1.03 bits per heavy atom. The summed E-state index contributed by atoms with van der Waals surface area (Å²) in [5.41, 5.74) is 1.74. The Kier molecular flexibility index (Phi) is 5.81. The summed E-state index contributed by atoms with van der Waals surface area (Å²) < 4.78 is 10.9. The molecule has 1 aliphatic heterocycles. The van der Waals surface area contributed by atoms with Gasteiger partial charge in [-0.05, 0) is 42.0 Å². The van der Waals surface area contributed by atoms with E-state index in [1.54, 1.807) is 48.5 Å². The molecule has 0 saturated carbocycles. The Morgan fingerprint density at radius 3 is 2.53 bits per heavy atom. The summed E-state index contributed by atoms with van der Waals surface area (Å²) in [5.74, 6) is -0.483. The average Bonchev–Trinajstić information content (AvgIpc) is 3.32. The summed E-state index contributed by atoms with van der Waals surface area (Å²) in [7, 11) is 0. The van der Waals surface area contributed by atoms with E-state index in [1.165, 1.54) is 12.3 Å². The van der Waals surface area contributed by atoms with Crippen molar-refractivity contribution < 1.29 is 23.5 Å². The molecule has 0 aliphatic carbocycles. The molecule has 0 bridgehead atoms. The first-order valence-corrected chi connectivity index (χ1v) is 9.67. The first kappa shape index (κ1) is 20.6. The number of barbiturate groups is 1. The predicted molar refractivity (Wildman–Crippen MR) is 113 cm³/mol. The first-order chi connectivity index (χ1) is 15.5. The molecule has 0 radical (unpaired) electrons. The molecule has 4 amide bonds. The van der Waals surface area contributed by atoms with Crippen molar-refractivity contribution in [3.05, 3.63) is 95.0 Å². The number of nitrogens with zero attached hydrogens (tertiary/aromatic N) is 2. The summed E-state index contributed by atoms with van der Waals surface area (Å²) in [6.45, 7) is 0.147. The number of nitriles is 1. The van der Waals surface area contributed by atoms with Crippen molar-refractivity contribution in [2.24, 2.45) is 0 Å². The van der Waals surface area contributed by atoms with Gasteiger partial charge < -0.3 is 9.15 Å². The average molecular weight is 427 g/mol. The molecule has 0 spiro atoms. The second kappa shape index (κ2) is 9.02. The first-order valence-electron chi connectivity index (χ1n) is 9.67. The normalized spacial score (nSPS) is 14.9. The summed E-state index contributed by atoms with van der Waals surface area (Å²) in [5, 5.41) is 11.3. The number of imide groups is 2. The summed E-state index contributed by atoms with van der Waals surface area (Å²) in [6, 6.07) is 18.5. The number of ether oxygens (including phenoxy) is 1. The lowest BCUT2D eigenvalue weighted by molar-refractivity contribution is -0.130. The number of furan rings is 1. The van der Waals surface area contributed by atoms with Crippen molar-refractivity contribution in [1.29, 1.82) is 5.26 Å². The number of rotatable bonds is 6. The van der Waals surface area contributed by atoms with Crippen molar-refractivity contribution >= 4 is 23.9 Å². The summed E-state index contributed by atoms with van der Waals surface area (Å²) >= 11 is 0. The highest BCUT2D eigenvalue weighted by atomic mass is 16.5. The van der Waals surface area contributed by atoms with E-state index in [4.69, 9.17) is 14.4 Å². The highest BCUT2D eigenvalue weighted by molar-refractivity contribution is 6.30. The summed E-state index contributed by atoms with van der Waals surface area (Å²) in [4.78, 5) is 38.0. The van der Waals surface area contributed by atoms with Crippen LogP contribution >= 0.6 is 0 Å². The smallest absolute Gasteiger partial charge is 0.331 e. The lowest BCUT2D eigenvalue weighted by Crippen LogP contribution is -2.53. The fourth-order valence-corrected chi connectivity index (χ4v) is 3.14. The zero-order valence-corrected chi connectivity index (χ0v) is 16.8. The molecule has 1 saturated heterocycles. The van der Waals surface area contributed by atoms with E-state index < -0.39 is 17.8 Å². The van der Waals surface area contributed by atoms with Gasteiger partial charge in [-0.3, -0.25) is 19.8 Å². The van der Waals surface area contributed by atoms with Crippen LogP contribution in [0.4, 0.5) is 4.79 Å². The van der Waals surface area contributed by atoms with Crippen LogP contribution in [-0.4, -0.2) is 22.7 Å². The second-order valence-electron chi connectivity index (χ2n) is 6.91. The molecular weight excluding hydrogens is 410 g/mol. The van der Waals surface area contributed by atoms with E-state index >= 15 is 0 Å². The Morgan fingerprint density at radius 2 is 1.81 bits per heavy atom. The maximum Gasteiger partial charge on any atom is 0.331 e. The van der Waals surface area contributed by atoms with Crippen LogP contribution in [0.5, 0.6) is 5.75 Å². The molecule has 1 fully saturated rings. The van der Waals surface area contributed by atoms with Gasteiger partial charge in [0.05, 0.1) is 24.4 Å². The minimum Gasteiger partial charge on any atom is -0.489 e. The molecular formula is C24H17N3O5. The lowest BCUT2D eigenvalue weighted by atomic mass is 10.1. The van der Waals surface area contributed by atoms with Crippen LogP contribution in [0.1, 0.15) is 22.5 Å². The number of hydrogen-bond donors (Lipinski definition) is 1. The third kappa shape index (κ3) is 4.42. The molecule has 4 rings (SSSR count). The molecule has 158 valence electrons. The van der Waals surface area contributed by atoms with E-state index in [1.807, 2.05) is 12.1 Å². The summed E-state index contributed by atoms with van der Waals surface area (Å²) in [6.07, 6.45) is 2.85. The predicted octanol–water partition coefficient (Wildman–Crippen LogP) is 3.39. The molecule has 1 aromatic heterocycles. The van der Waals surface area contributed by atoms with Crippen molar-refractivity contribution in [3.8, 4) is 11.8 Å². The van der Waals surface area contributed by atoms with E-state index in [0.29, 0.717) is 22.6 Å². The number of carbonyl (C=O) groups excluding carboxylic acids is 3. The molecule has 1 N–H and O–H groups in total. The fourth-order valence-electron chi connectivity index (χ4n) is 3.14. The highest BCUT2D eigenvalue weighted by Crippen LogP contribution is 2.20. The number of nitrogens with one attached hydrogen (secondary N) is 1. The molecule has 0 unspecified atom stereocenters. The van der Waals surface area contributed by atoms with E-state index in [2.05, 4.69) is 11.4 Å². The Labute approximate surface area is 183 Å². The van der Waals surface area contributed by atoms with Crippen LogP contribution in [0, 0.1) is 11.3 Å². The van der Waals surface area contributed by atoms with Crippen molar-refractivity contribution in [3.63, 3.8) is 0 Å². The van der Waals surface area contributed by atoms with Gasteiger partial charge in [0.2, 0.25) is 0 Å². The van der Waals surface area contributed by atoms with Crippen LogP contribution in [0.3, 0.4) is 0 Å². The number of carbonyl (C=O) groups is 3. The minimum atomic E-state index is -0.796. The van der Waals surface area contributed by atoms with Crippen molar-refractivity contribution in [1.82, 2.24) is 10.2 Å². The van der Waals surface area contributed by atoms with Gasteiger partial charge in [0.25, 0.3) is 11.8 Å². The molecule has 2 aromatic carbocycles. The number of hydrogen-bond acceptors (Lipinski definition) is 6. The van der Waals surface area contributed by atoms with Gasteiger partial charge in [0.15, 0.2) is 0 Å². The van der Waals surface area contributed by atoms with Gasteiger partial charge in [-0.15, -0.1) is 0 Å². The molecule has 0 atom stereocenters. The SMILES string of the molecule is N#Cc1ccccc1COc1ccc(/C=C2\C(=O)NC(=O)N(Cc3ccco3)C2=O)cc1. The van der Waals surface area contributed by atoms with Gasteiger partial charge in [0.1, 0.15) is 23.7 Å².